The fourth-order valence-corrected chi connectivity index (χ4v) is 3.92. The molecular weight excluding hydrogens is 374 g/mol. The van der Waals surface area contributed by atoms with Crippen LogP contribution in [0, 0.1) is 13.8 Å². The number of H-pyrrole nitrogens is 1. The predicted molar refractivity (Wildman–Crippen MR) is 120 cm³/mol. The van der Waals surface area contributed by atoms with Crippen molar-refractivity contribution in [1.82, 2.24) is 19.9 Å². The van der Waals surface area contributed by atoms with Gasteiger partial charge < -0.3 is 15.0 Å². The van der Waals surface area contributed by atoms with Crippen molar-refractivity contribution >= 4 is 33.3 Å². The van der Waals surface area contributed by atoms with E-state index in [1.54, 1.807) is 13.4 Å². The second-order valence-corrected chi connectivity index (χ2v) is 7.28. The number of ether oxygens (including phenoxy) is 1. The van der Waals surface area contributed by atoms with Crippen LogP contribution in [0.15, 0.2) is 61.2 Å². The van der Waals surface area contributed by atoms with Crippen molar-refractivity contribution in [3.8, 4) is 16.9 Å². The summed E-state index contributed by atoms with van der Waals surface area (Å²) in [7, 11) is 1.68. The van der Waals surface area contributed by atoms with Crippen LogP contribution in [-0.2, 0) is 0 Å². The van der Waals surface area contributed by atoms with E-state index in [2.05, 4.69) is 56.4 Å². The first-order valence-corrected chi connectivity index (χ1v) is 9.73. The molecule has 148 valence electrons. The van der Waals surface area contributed by atoms with Gasteiger partial charge in [-0.05, 0) is 55.8 Å². The Balaban J connectivity index is 1.68. The molecule has 0 aliphatic rings. The van der Waals surface area contributed by atoms with Gasteiger partial charge in [-0.3, -0.25) is 4.98 Å². The lowest BCUT2D eigenvalue weighted by molar-refractivity contribution is 0.417. The molecule has 6 heteroatoms. The van der Waals surface area contributed by atoms with Crippen LogP contribution in [0.1, 0.15) is 11.3 Å². The van der Waals surface area contributed by atoms with Crippen LogP contribution in [0.2, 0.25) is 0 Å². The van der Waals surface area contributed by atoms with Crippen LogP contribution >= 0.6 is 0 Å². The minimum absolute atomic E-state index is 0.748. The Morgan fingerprint density at radius 1 is 0.967 bits per heavy atom. The number of hydrogen-bond donors (Lipinski definition) is 2. The van der Waals surface area contributed by atoms with E-state index in [0.29, 0.717) is 0 Å². The highest BCUT2D eigenvalue weighted by atomic mass is 16.5. The number of hydrogen-bond acceptors (Lipinski definition) is 5. The van der Waals surface area contributed by atoms with Crippen molar-refractivity contribution in [2.45, 2.75) is 13.8 Å². The molecule has 0 aliphatic heterocycles. The first-order chi connectivity index (χ1) is 14.6. The average molecular weight is 395 g/mol. The molecule has 0 bridgehead atoms. The van der Waals surface area contributed by atoms with E-state index in [-0.39, 0.29) is 0 Å². The Morgan fingerprint density at radius 2 is 1.87 bits per heavy atom. The molecule has 0 amide bonds. The van der Waals surface area contributed by atoms with Crippen LogP contribution in [-0.4, -0.2) is 27.0 Å². The molecule has 0 spiro atoms. The van der Waals surface area contributed by atoms with Crippen molar-refractivity contribution in [3.63, 3.8) is 0 Å². The van der Waals surface area contributed by atoms with E-state index in [4.69, 9.17) is 4.74 Å². The molecule has 0 aliphatic carbocycles. The van der Waals surface area contributed by atoms with Gasteiger partial charge in [-0.25, -0.2) is 9.97 Å². The van der Waals surface area contributed by atoms with Crippen molar-refractivity contribution in [2.75, 3.05) is 12.4 Å². The number of benzene rings is 2. The molecule has 0 saturated carbocycles. The van der Waals surface area contributed by atoms with Gasteiger partial charge in [0.15, 0.2) is 0 Å². The maximum Gasteiger partial charge on any atom is 0.141 e. The second kappa shape index (κ2) is 7.15. The zero-order valence-electron chi connectivity index (χ0n) is 17.0. The molecule has 0 atom stereocenters. The van der Waals surface area contributed by atoms with E-state index < -0.39 is 0 Å². The van der Waals surface area contributed by atoms with Gasteiger partial charge in [0.25, 0.3) is 0 Å². The van der Waals surface area contributed by atoms with Gasteiger partial charge in [-0.15, -0.1) is 0 Å². The zero-order chi connectivity index (χ0) is 20.7. The summed E-state index contributed by atoms with van der Waals surface area (Å²) in [6.07, 6.45) is 5.33. The van der Waals surface area contributed by atoms with Crippen LogP contribution in [0.25, 0.3) is 32.9 Å². The summed E-state index contributed by atoms with van der Waals surface area (Å²) in [6.45, 7) is 4.10. The first-order valence-electron chi connectivity index (χ1n) is 9.73. The molecule has 0 saturated heterocycles. The topological polar surface area (TPSA) is 75.7 Å². The number of anilines is 2. The molecule has 6 nitrogen and oxygen atoms in total. The Hall–Kier alpha value is -3.93. The van der Waals surface area contributed by atoms with E-state index in [1.807, 2.05) is 37.5 Å². The maximum absolute atomic E-state index is 5.70. The van der Waals surface area contributed by atoms with Gasteiger partial charge in [-0.1, -0.05) is 0 Å². The van der Waals surface area contributed by atoms with E-state index in [9.17, 15) is 0 Å². The summed E-state index contributed by atoms with van der Waals surface area (Å²) in [5, 5.41) is 5.52. The first kappa shape index (κ1) is 18.1. The summed E-state index contributed by atoms with van der Waals surface area (Å²) < 4.78 is 5.70. The normalized spacial score (nSPS) is 11.2. The number of nitrogens with one attached hydrogen (secondary N) is 2. The summed E-state index contributed by atoms with van der Waals surface area (Å²) in [5.74, 6) is 1.51. The highest BCUT2D eigenvalue weighted by Crippen LogP contribution is 2.38. The average Bonchev–Trinajstić information content (AvgIpc) is 3.21. The quantitative estimate of drug-likeness (QED) is 0.418. The number of aromatic nitrogens is 4. The van der Waals surface area contributed by atoms with Gasteiger partial charge in [0, 0.05) is 57.3 Å². The summed E-state index contributed by atoms with van der Waals surface area (Å²) in [6, 6.07) is 14.3. The molecular formula is C24H21N5O. The number of methoxy groups -OCH3 is 1. The molecule has 0 fully saturated rings. The zero-order valence-corrected chi connectivity index (χ0v) is 17.0. The van der Waals surface area contributed by atoms with E-state index in [0.717, 1.165) is 61.4 Å². The predicted octanol–water partition coefficient (Wildman–Crippen LogP) is 5.54. The Kier molecular flexibility index (Phi) is 4.32. The molecule has 0 radical (unpaired) electrons. The fraction of sp³-hybridized carbons (Fsp3) is 0.125. The van der Waals surface area contributed by atoms with Crippen molar-refractivity contribution < 1.29 is 4.74 Å². The summed E-state index contributed by atoms with van der Waals surface area (Å²) in [5.41, 5.74) is 7.03. The van der Waals surface area contributed by atoms with Gasteiger partial charge in [0.2, 0.25) is 0 Å². The Bertz CT molecular complexity index is 1370. The standard InChI is InChI=1S/C24H21N5O/c1-14-6-8-25-15(2)23(14)19-11-18-21(12-22(19)30-3)27-13-28-24(18)29-17-4-5-20-16(10-17)7-9-26-20/h4-13,26H,1-3H3,(H,27,28,29). The molecule has 5 aromatic rings. The smallest absolute Gasteiger partial charge is 0.141 e. The lowest BCUT2D eigenvalue weighted by Crippen LogP contribution is -1.99. The largest absolute Gasteiger partial charge is 0.496 e. The lowest BCUT2D eigenvalue weighted by Gasteiger charge is -2.16. The molecule has 2 aromatic carbocycles. The number of fused-ring (bicyclic) bond motifs is 2. The monoisotopic (exact) mass is 395 g/mol. The van der Waals surface area contributed by atoms with Crippen LogP contribution in [0.4, 0.5) is 11.5 Å². The Labute approximate surface area is 174 Å². The number of aromatic amines is 1. The number of rotatable bonds is 4. The van der Waals surface area contributed by atoms with Gasteiger partial charge in [0.05, 0.1) is 12.6 Å². The molecule has 3 aromatic heterocycles. The SMILES string of the molecule is COc1cc2ncnc(Nc3ccc4[nH]ccc4c3)c2cc1-c1c(C)ccnc1C. The van der Waals surface area contributed by atoms with Crippen LogP contribution in [0.5, 0.6) is 5.75 Å². The van der Waals surface area contributed by atoms with Gasteiger partial charge >= 0.3 is 0 Å². The number of nitrogens with zero attached hydrogens (tertiary/aromatic N) is 3. The summed E-state index contributed by atoms with van der Waals surface area (Å²) in [4.78, 5) is 16.7. The van der Waals surface area contributed by atoms with Crippen molar-refractivity contribution in [1.29, 1.82) is 0 Å². The minimum atomic E-state index is 0.748. The molecule has 30 heavy (non-hydrogen) atoms. The highest BCUT2D eigenvalue weighted by molar-refractivity contribution is 5.97. The fourth-order valence-electron chi connectivity index (χ4n) is 3.92. The highest BCUT2D eigenvalue weighted by Gasteiger charge is 2.16. The molecule has 5 rings (SSSR count). The second-order valence-electron chi connectivity index (χ2n) is 7.28. The maximum atomic E-state index is 5.70. The molecule has 2 N–H and O–H groups in total. The third-order valence-corrected chi connectivity index (χ3v) is 5.39. The van der Waals surface area contributed by atoms with Crippen LogP contribution in [0.3, 0.4) is 0 Å². The Morgan fingerprint density at radius 3 is 2.70 bits per heavy atom. The van der Waals surface area contributed by atoms with E-state index in [1.165, 1.54) is 0 Å². The van der Waals surface area contributed by atoms with Crippen molar-refractivity contribution in [2.24, 2.45) is 0 Å². The van der Waals surface area contributed by atoms with Gasteiger partial charge in [-0.2, -0.15) is 0 Å². The van der Waals surface area contributed by atoms with E-state index >= 15 is 0 Å². The molecule has 0 unspecified atom stereocenters. The summed E-state index contributed by atoms with van der Waals surface area (Å²) >= 11 is 0. The van der Waals surface area contributed by atoms with Crippen LogP contribution < -0.4 is 10.1 Å². The third-order valence-electron chi connectivity index (χ3n) is 5.39. The van der Waals surface area contributed by atoms with Gasteiger partial charge in [0.1, 0.15) is 17.9 Å². The van der Waals surface area contributed by atoms with Crippen molar-refractivity contribution in [3.05, 3.63) is 72.4 Å². The number of aryl methyl sites for hydroxylation is 2. The minimum Gasteiger partial charge on any atom is -0.496 e. The third kappa shape index (κ3) is 3.03. The number of pyridine rings is 1. The lowest BCUT2D eigenvalue weighted by atomic mass is 9.97. The molecule has 3 heterocycles.